The monoisotopic (exact) mass is 279 g/mol. The van der Waals surface area contributed by atoms with Crippen LogP contribution in [0.2, 0.25) is 0 Å². The molecule has 0 saturated heterocycles. The number of rotatable bonds is 6. The van der Waals surface area contributed by atoms with Crippen molar-refractivity contribution in [3.8, 4) is 0 Å². The van der Waals surface area contributed by atoms with E-state index in [0.29, 0.717) is 10.9 Å². The molecule has 0 amide bonds. The highest BCUT2D eigenvalue weighted by atomic mass is 32.2. The number of benzene rings is 1. The third kappa shape index (κ3) is 2.78. The second-order valence-electron chi connectivity index (χ2n) is 5.74. The summed E-state index contributed by atoms with van der Waals surface area (Å²) in [5.41, 5.74) is 0.799. The standard InChI is InChI=1S/C15H21NO2S/c1-2-19(17,18)14-6-4-3-5-13(14)16-15(11-7-8-11)12-9-10-12/h3-6,11-12,15-16H,2,7-10H2,1H3. The molecule has 0 atom stereocenters. The number of para-hydroxylation sites is 1. The highest BCUT2D eigenvalue weighted by molar-refractivity contribution is 7.91. The number of nitrogens with one attached hydrogen (secondary N) is 1. The topological polar surface area (TPSA) is 46.2 Å². The minimum Gasteiger partial charge on any atom is -0.381 e. The van der Waals surface area contributed by atoms with Crippen molar-refractivity contribution in [1.82, 2.24) is 0 Å². The average molecular weight is 279 g/mol. The van der Waals surface area contributed by atoms with Gasteiger partial charge in [-0.2, -0.15) is 0 Å². The molecule has 1 aromatic carbocycles. The fourth-order valence-electron chi connectivity index (χ4n) is 2.72. The average Bonchev–Trinajstić information content (AvgIpc) is 3.29. The second-order valence-corrected chi connectivity index (χ2v) is 7.99. The maximum atomic E-state index is 12.1. The van der Waals surface area contributed by atoms with Crippen LogP contribution in [0.25, 0.3) is 0 Å². The Hall–Kier alpha value is -1.03. The minimum atomic E-state index is -3.15. The summed E-state index contributed by atoms with van der Waals surface area (Å²) in [5, 5.41) is 3.53. The van der Waals surface area contributed by atoms with Crippen molar-refractivity contribution in [2.75, 3.05) is 11.1 Å². The van der Waals surface area contributed by atoms with Crippen molar-refractivity contribution in [1.29, 1.82) is 0 Å². The first-order valence-electron chi connectivity index (χ1n) is 7.20. The number of anilines is 1. The van der Waals surface area contributed by atoms with Gasteiger partial charge in [0.25, 0.3) is 0 Å². The lowest BCUT2D eigenvalue weighted by Gasteiger charge is -2.21. The largest absolute Gasteiger partial charge is 0.381 e. The van der Waals surface area contributed by atoms with Crippen LogP contribution >= 0.6 is 0 Å². The Balaban J connectivity index is 1.87. The lowest BCUT2D eigenvalue weighted by atomic mass is 10.1. The molecule has 0 aromatic heterocycles. The third-order valence-electron chi connectivity index (χ3n) is 4.18. The van der Waals surface area contributed by atoms with Crippen molar-refractivity contribution >= 4 is 15.5 Å². The molecule has 3 nitrogen and oxygen atoms in total. The van der Waals surface area contributed by atoms with E-state index in [-0.39, 0.29) is 5.75 Å². The Bertz CT molecular complexity index is 547. The quantitative estimate of drug-likeness (QED) is 0.870. The zero-order chi connectivity index (χ0) is 13.5. The van der Waals surface area contributed by atoms with Crippen LogP contribution in [0.4, 0.5) is 5.69 Å². The van der Waals surface area contributed by atoms with Gasteiger partial charge < -0.3 is 5.32 Å². The number of sulfone groups is 1. The summed E-state index contributed by atoms with van der Waals surface area (Å²) in [7, 11) is -3.15. The van der Waals surface area contributed by atoms with E-state index in [1.807, 2.05) is 12.1 Å². The molecule has 2 aliphatic rings. The Kier molecular flexibility index (Phi) is 3.29. The predicted octanol–water partition coefficient (Wildman–Crippen LogP) is 3.08. The van der Waals surface area contributed by atoms with Gasteiger partial charge in [0.2, 0.25) is 0 Å². The number of hydrogen-bond acceptors (Lipinski definition) is 3. The van der Waals surface area contributed by atoms with E-state index >= 15 is 0 Å². The summed E-state index contributed by atoms with van der Waals surface area (Å²) in [6.07, 6.45) is 5.15. The predicted molar refractivity (Wildman–Crippen MR) is 77.0 cm³/mol. The maximum Gasteiger partial charge on any atom is 0.180 e. The molecule has 2 aliphatic carbocycles. The summed E-state index contributed by atoms with van der Waals surface area (Å²) in [5.74, 6) is 1.67. The van der Waals surface area contributed by atoms with Gasteiger partial charge in [-0.25, -0.2) is 8.42 Å². The van der Waals surface area contributed by atoms with E-state index in [4.69, 9.17) is 0 Å². The van der Waals surface area contributed by atoms with E-state index in [1.165, 1.54) is 25.7 Å². The van der Waals surface area contributed by atoms with Crippen LogP contribution in [0, 0.1) is 11.8 Å². The lowest BCUT2D eigenvalue weighted by molar-refractivity contribution is 0.565. The van der Waals surface area contributed by atoms with Crippen LogP contribution < -0.4 is 5.32 Å². The van der Waals surface area contributed by atoms with E-state index in [0.717, 1.165) is 17.5 Å². The summed E-state index contributed by atoms with van der Waals surface area (Å²) in [6.45, 7) is 1.70. The molecule has 2 saturated carbocycles. The van der Waals surface area contributed by atoms with Gasteiger partial charge in [-0.3, -0.25) is 0 Å². The Morgan fingerprint density at radius 1 is 1.16 bits per heavy atom. The van der Waals surface area contributed by atoms with Crippen LogP contribution in [0.3, 0.4) is 0 Å². The molecule has 104 valence electrons. The van der Waals surface area contributed by atoms with Gasteiger partial charge in [-0.15, -0.1) is 0 Å². The Labute approximate surface area is 115 Å². The molecule has 1 N–H and O–H groups in total. The van der Waals surface area contributed by atoms with Crippen LogP contribution in [-0.4, -0.2) is 20.2 Å². The second kappa shape index (κ2) is 4.82. The van der Waals surface area contributed by atoms with Crippen LogP contribution in [-0.2, 0) is 9.84 Å². The fourth-order valence-corrected chi connectivity index (χ4v) is 3.78. The molecule has 0 unspecified atom stereocenters. The Morgan fingerprint density at radius 3 is 2.26 bits per heavy atom. The van der Waals surface area contributed by atoms with Crippen molar-refractivity contribution in [3.05, 3.63) is 24.3 Å². The highest BCUT2D eigenvalue weighted by Gasteiger charge is 2.41. The first-order valence-corrected chi connectivity index (χ1v) is 8.85. The summed E-state index contributed by atoms with van der Waals surface area (Å²) in [4.78, 5) is 0.462. The summed E-state index contributed by atoms with van der Waals surface area (Å²) in [6, 6.07) is 7.82. The molecule has 0 heterocycles. The first-order chi connectivity index (χ1) is 9.12. The molecular formula is C15H21NO2S. The molecule has 0 spiro atoms. The molecule has 4 heteroatoms. The van der Waals surface area contributed by atoms with Gasteiger partial charge in [0.15, 0.2) is 9.84 Å². The van der Waals surface area contributed by atoms with Crippen molar-refractivity contribution in [2.24, 2.45) is 11.8 Å². The minimum absolute atomic E-state index is 0.156. The zero-order valence-electron chi connectivity index (χ0n) is 11.3. The van der Waals surface area contributed by atoms with E-state index in [1.54, 1.807) is 19.1 Å². The fraction of sp³-hybridized carbons (Fsp3) is 0.600. The van der Waals surface area contributed by atoms with Crippen LogP contribution in [0.1, 0.15) is 32.6 Å². The van der Waals surface area contributed by atoms with Crippen LogP contribution in [0.5, 0.6) is 0 Å². The van der Waals surface area contributed by atoms with Crippen molar-refractivity contribution < 1.29 is 8.42 Å². The zero-order valence-corrected chi connectivity index (χ0v) is 12.1. The van der Waals surface area contributed by atoms with E-state index in [2.05, 4.69) is 5.32 Å². The van der Waals surface area contributed by atoms with Gasteiger partial charge in [0.05, 0.1) is 16.3 Å². The van der Waals surface area contributed by atoms with Gasteiger partial charge in [-0.05, 0) is 49.7 Å². The molecular weight excluding hydrogens is 258 g/mol. The molecule has 2 fully saturated rings. The Morgan fingerprint density at radius 2 is 1.74 bits per heavy atom. The molecule has 0 bridgehead atoms. The van der Waals surface area contributed by atoms with Gasteiger partial charge in [0.1, 0.15) is 0 Å². The molecule has 3 rings (SSSR count). The van der Waals surface area contributed by atoms with Crippen LogP contribution in [0.15, 0.2) is 29.2 Å². The smallest absolute Gasteiger partial charge is 0.180 e. The van der Waals surface area contributed by atoms with E-state index < -0.39 is 9.84 Å². The van der Waals surface area contributed by atoms with Gasteiger partial charge in [0, 0.05) is 6.04 Å². The molecule has 19 heavy (non-hydrogen) atoms. The van der Waals surface area contributed by atoms with Gasteiger partial charge in [-0.1, -0.05) is 19.1 Å². The first kappa shape index (κ1) is 13.0. The summed E-state index contributed by atoms with van der Waals surface area (Å²) < 4.78 is 24.3. The molecule has 0 radical (unpaired) electrons. The summed E-state index contributed by atoms with van der Waals surface area (Å²) >= 11 is 0. The van der Waals surface area contributed by atoms with Crippen molar-refractivity contribution in [2.45, 2.75) is 43.5 Å². The SMILES string of the molecule is CCS(=O)(=O)c1ccccc1NC(C1CC1)C1CC1. The molecule has 0 aliphatic heterocycles. The third-order valence-corrected chi connectivity index (χ3v) is 5.97. The van der Waals surface area contributed by atoms with Gasteiger partial charge >= 0.3 is 0 Å². The van der Waals surface area contributed by atoms with E-state index in [9.17, 15) is 8.42 Å². The lowest BCUT2D eigenvalue weighted by Crippen LogP contribution is -2.25. The number of hydrogen-bond donors (Lipinski definition) is 1. The van der Waals surface area contributed by atoms with Crippen molar-refractivity contribution in [3.63, 3.8) is 0 Å². The highest BCUT2D eigenvalue weighted by Crippen LogP contribution is 2.46. The maximum absolute atomic E-state index is 12.1. The normalized spacial score (nSPS) is 19.7. The molecule has 1 aromatic rings.